The molecule has 0 radical (unpaired) electrons. The number of carbonyl (C=O) groups is 4. The summed E-state index contributed by atoms with van der Waals surface area (Å²) in [7, 11) is 0. The number of aryl methyl sites for hydroxylation is 1. The van der Waals surface area contributed by atoms with E-state index in [9.17, 15) is 28.8 Å². The van der Waals surface area contributed by atoms with Crippen molar-refractivity contribution in [3.63, 3.8) is 0 Å². The molecular formula is C21H29N3O11. The maximum atomic E-state index is 12.1. The van der Waals surface area contributed by atoms with Crippen molar-refractivity contribution in [1.29, 1.82) is 0 Å². The Hall–Kier alpha value is -3.52. The van der Waals surface area contributed by atoms with Crippen LogP contribution in [0, 0.1) is 6.92 Å². The van der Waals surface area contributed by atoms with E-state index in [1.165, 1.54) is 24.6 Å². The van der Waals surface area contributed by atoms with Gasteiger partial charge in [0.05, 0.1) is 12.8 Å². The van der Waals surface area contributed by atoms with Crippen LogP contribution in [-0.2, 0) is 42.9 Å². The van der Waals surface area contributed by atoms with Gasteiger partial charge >= 0.3 is 29.6 Å². The summed E-state index contributed by atoms with van der Waals surface area (Å²) < 4.78 is 26.8. The molecule has 1 saturated heterocycles. The van der Waals surface area contributed by atoms with Crippen LogP contribution < -0.4 is 16.6 Å². The zero-order valence-electron chi connectivity index (χ0n) is 19.7. The standard InChI is InChI=1S/C21H29N3O11/c1-12-8-24(21(30)23-20(12)29)17-7-22-6-15(34-17)9-33-18(27)4-5-19(28)35-16(10-31-13(2)25)11-32-14(3)26/h8,15-17,22H,4-7,9-11H2,1-3H3,(H,23,29,30)/t15-,17+/m0/s1. The van der Waals surface area contributed by atoms with Crippen LogP contribution in [0.5, 0.6) is 0 Å². The molecule has 1 aromatic heterocycles. The molecule has 0 saturated carbocycles. The number of rotatable bonds is 11. The average Bonchev–Trinajstić information content (AvgIpc) is 2.80. The lowest BCUT2D eigenvalue weighted by atomic mass is 10.3. The van der Waals surface area contributed by atoms with Crippen molar-refractivity contribution in [3.8, 4) is 0 Å². The Balaban J connectivity index is 1.78. The number of aromatic nitrogens is 2. The van der Waals surface area contributed by atoms with Crippen molar-refractivity contribution in [2.75, 3.05) is 32.9 Å². The third kappa shape index (κ3) is 9.70. The molecule has 0 amide bonds. The first-order valence-corrected chi connectivity index (χ1v) is 10.8. The van der Waals surface area contributed by atoms with Crippen molar-refractivity contribution >= 4 is 23.9 Å². The van der Waals surface area contributed by atoms with Gasteiger partial charge in [-0.2, -0.15) is 0 Å². The molecule has 0 aromatic carbocycles. The highest BCUT2D eigenvalue weighted by Gasteiger charge is 2.26. The van der Waals surface area contributed by atoms with E-state index >= 15 is 0 Å². The second-order valence-corrected chi connectivity index (χ2v) is 7.75. The Morgan fingerprint density at radius 3 is 2.29 bits per heavy atom. The summed E-state index contributed by atoms with van der Waals surface area (Å²) in [6, 6.07) is 0. The Morgan fingerprint density at radius 2 is 1.66 bits per heavy atom. The van der Waals surface area contributed by atoms with E-state index in [1.54, 1.807) is 6.92 Å². The minimum Gasteiger partial charge on any atom is -0.463 e. The van der Waals surface area contributed by atoms with Crippen LogP contribution in [0.2, 0.25) is 0 Å². The first-order valence-electron chi connectivity index (χ1n) is 10.8. The van der Waals surface area contributed by atoms with Gasteiger partial charge in [0.1, 0.15) is 25.9 Å². The van der Waals surface area contributed by atoms with Gasteiger partial charge in [0.2, 0.25) is 0 Å². The molecule has 14 nitrogen and oxygen atoms in total. The highest BCUT2D eigenvalue weighted by atomic mass is 16.6. The quantitative estimate of drug-likeness (QED) is 0.271. The molecule has 14 heteroatoms. The van der Waals surface area contributed by atoms with E-state index in [-0.39, 0.29) is 32.7 Å². The Bertz CT molecular complexity index is 1010. The van der Waals surface area contributed by atoms with E-state index in [1.807, 2.05) is 0 Å². The van der Waals surface area contributed by atoms with Crippen LogP contribution in [0.1, 0.15) is 38.5 Å². The largest absolute Gasteiger partial charge is 0.463 e. The molecule has 1 aromatic rings. The molecule has 2 N–H and O–H groups in total. The van der Waals surface area contributed by atoms with Gasteiger partial charge in [0.15, 0.2) is 12.3 Å². The number of morpholine rings is 1. The van der Waals surface area contributed by atoms with Crippen LogP contribution in [0.15, 0.2) is 15.8 Å². The molecule has 35 heavy (non-hydrogen) atoms. The molecule has 194 valence electrons. The first kappa shape index (κ1) is 27.7. The number of hydrogen-bond donors (Lipinski definition) is 2. The summed E-state index contributed by atoms with van der Waals surface area (Å²) in [6.07, 6.45) is -1.49. The van der Waals surface area contributed by atoms with Crippen molar-refractivity contribution in [1.82, 2.24) is 14.9 Å². The summed E-state index contributed by atoms with van der Waals surface area (Å²) in [5.41, 5.74) is -0.760. The van der Waals surface area contributed by atoms with Gasteiger partial charge in [0.25, 0.3) is 5.56 Å². The minimum atomic E-state index is -1.01. The Labute approximate surface area is 199 Å². The molecule has 0 spiro atoms. The van der Waals surface area contributed by atoms with Crippen LogP contribution in [-0.4, -0.2) is 78.5 Å². The monoisotopic (exact) mass is 499 g/mol. The van der Waals surface area contributed by atoms with E-state index in [4.69, 9.17) is 23.7 Å². The maximum Gasteiger partial charge on any atom is 0.330 e. The zero-order valence-corrected chi connectivity index (χ0v) is 19.7. The van der Waals surface area contributed by atoms with Crippen LogP contribution in [0.4, 0.5) is 0 Å². The summed E-state index contributed by atoms with van der Waals surface area (Å²) in [5.74, 6) is -2.64. The van der Waals surface area contributed by atoms with Gasteiger partial charge in [-0.1, -0.05) is 0 Å². The Morgan fingerprint density at radius 1 is 1.03 bits per heavy atom. The van der Waals surface area contributed by atoms with Gasteiger partial charge in [-0.3, -0.25) is 33.5 Å². The van der Waals surface area contributed by atoms with Crippen LogP contribution in [0.3, 0.4) is 0 Å². The predicted octanol–water partition coefficient (Wildman–Crippen LogP) is -1.31. The second-order valence-electron chi connectivity index (χ2n) is 7.75. The molecule has 2 heterocycles. The number of esters is 4. The van der Waals surface area contributed by atoms with Crippen LogP contribution in [0.25, 0.3) is 0 Å². The zero-order chi connectivity index (χ0) is 26.0. The van der Waals surface area contributed by atoms with Crippen molar-refractivity contribution < 1.29 is 42.9 Å². The molecule has 0 aliphatic carbocycles. The van der Waals surface area contributed by atoms with E-state index in [0.717, 1.165) is 0 Å². The normalized spacial score (nSPS) is 17.5. The number of ether oxygens (including phenoxy) is 5. The fraction of sp³-hybridized carbons (Fsp3) is 0.619. The fourth-order valence-electron chi connectivity index (χ4n) is 2.99. The summed E-state index contributed by atoms with van der Waals surface area (Å²) in [4.78, 5) is 71.8. The number of aromatic amines is 1. The number of nitrogens with zero attached hydrogens (tertiary/aromatic N) is 1. The summed E-state index contributed by atoms with van der Waals surface area (Å²) >= 11 is 0. The molecule has 1 aliphatic rings. The predicted molar refractivity (Wildman–Crippen MR) is 116 cm³/mol. The number of nitrogens with one attached hydrogen (secondary N) is 2. The van der Waals surface area contributed by atoms with Crippen molar-refractivity contribution in [2.45, 2.75) is 52.0 Å². The smallest absolute Gasteiger partial charge is 0.330 e. The molecule has 1 fully saturated rings. The van der Waals surface area contributed by atoms with Gasteiger partial charge in [-0.15, -0.1) is 0 Å². The number of carbonyl (C=O) groups excluding carboxylic acids is 4. The third-order valence-corrected chi connectivity index (χ3v) is 4.70. The lowest BCUT2D eigenvalue weighted by Crippen LogP contribution is -2.48. The van der Waals surface area contributed by atoms with E-state index in [2.05, 4.69) is 10.3 Å². The number of hydrogen-bond acceptors (Lipinski definition) is 12. The Kier molecular flexibility index (Phi) is 10.6. The highest BCUT2D eigenvalue weighted by molar-refractivity contribution is 5.77. The van der Waals surface area contributed by atoms with Gasteiger partial charge in [-0.05, 0) is 6.92 Å². The average molecular weight is 499 g/mol. The summed E-state index contributed by atoms with van der Waals surface area (Å²) in [5, 5.41) is 3.07. The van der Waals surface area contributed by atoms with Crippen molar-refractivity contribution in [3.05, 3.63) is 32.6 Å². The van der Waals surface area contributed by atoms with Crippen molar-refractivity contribution in [2.24, 2.45) is 0 Å². The third-order valence-electron chi connectivity index (χ3n) is 4.70. The summed E-state index contributed by atoms with van der Waals surface area (Å²) in [6.45, 7) is 3.84. The molecular weight excluding hydrogens is 470 g/mol. The highest BCUT2D eigenvalue weighted by Crippen LogP contribution is 2.13. The fourth-order valence-corrected chi connectivity index (χ4v) is 2.99. The van der Waals surface area contributed by atoms with E-state index in [0.29, 0.717) is 18.7 Å². The second kappa shape index (κ2) is 13.4. The first-order chi connectivity index (χ1) is 16.5. The maximum absolute atomic E-state index is 12.1. The molecule has 2 atom stereocenters. The topological polar surface area (TPSA) is 181 Å². The molecule has 0 bridgehead atoms. The van der Waals surface area contributed by atoms with E-state index < -0.39 is 53.6 Å². The lowest BCUT2D eigenvalue weighted by Gasteiger charge is -2.31. The van der Waals surface area contributed by atoms with Gasteiger partial charge in [0, 0.05) is 38.7 Å². The molecule has 0 unspecified atom stereocenters. The number of H-pyrrole nitrogens is 1. The lowest BCUT2D eigenvalue weighted by molar-refractivity contribution is -0.167. The molecule has 2 rings (SSSR count). The van der Waals surface area contributed by atoms with Gasteiger partial charge in [-0.25, -0.2) is 4.79 Å². The SMILES string of the molecule is CC(=O)OCC(COC(C)=O)OC(=O)CCC(=O)OC[C@@H]1CNC[C@H](n2cc(C)c(=O)[nH]c2=O)O1. The minimum absolute atomic E-state index is 0.129. The molecule has 1 aliphatic heterocycles. The van der Waals surface area contributed by atoms with Gasteiger partial charge < -0.3 is 29.0 Å². The van der Waals surface area contributed by atoms with Crippen LogP contribution >= 0.6 is 0 Å².